The molecule has 1 rings (SSSR count). The smallest absolute Gasteiger partial charge is 0.251 e. The number of H-pyrrole nitrogens is 1. The molecule has 0 aliphatic carbocycles. The van der Waals surface area contributed by atoms with Gasteiger partial charge in [0.25, 0.3) is 5.56 Å². The topological polar surface area (TPSA) is 71.8 Å². The van der Waals surface area contributed by atoms with Crippen molar-refractivity contribution in [1.82, 2.24) is 9.97 Å². The molecule has 84 valence electrons. The zero-order valence-electron chi connectivity index (χ0n) is 9.63. The van der Waals surface area contributed by atoms with E-state index in [1.165, 1.54) is 6.07 Å². The highest BCUT2D eigenvalue weighted by atomic mass is 16.1. The summed E-state index contributed by atoms with van der Waals surface area (Å²) in [5.41, 5.74) is 6.25. The highest BCUT2D eigenvalue weighted by Gasteiger charge is 2.13. The van der Waals surface area contributed by atoms with Gasteiger partial charge in [-0.3, -0.25) is 4.79 Å². The van der Waals surface area contributed by atoms with Crippen molar-refractivity contribution in [3.63, 3.8) is 0 Å². The van der Waals surface area contributed by atoms with Gasteiger partial charge < -0.3 is 10.7 Å². The van der Waals surface area contributed by atoms with Gasteiger partial charge in [-0.05, 0) is 12.0 Å². The molecule has 0 radical (unpaired) electrons. The molecule has 0 aromatic carbocycles. The molecule has 0 atom stereocenters. The van der Waals surface area contributed by atoms with E-state index in [2.05, 4.69) is 30.7 Å². The molecule has 0 bridgehead atoms. The van der Waals surface area contributed by atoms with Crippen molar-refractivity contribution in [2.24, 2.45) is 11.1 Å². The fraction of sp³-hybridized carbons (Fsp3) is 0.636. The molecule has 3 N–H and O–H groups in total. The first-order chi connectivity index (χ1) is 6.90. The van der Waals surface area contributed by atoms with Gasteiger partial charge in [0.1, 0.15) is 5.82 Å². The number of nitrogens with two attached hydrogens (primary N) is 1. The molecule has 0 aliphatic rings. The van der Waals surface area contributed by atoms with Crippen molar-refractivity contribution >= 4 is 0 Å². The van der Waals surface area contributed by atoms with Crippen molar-refractivity contribution in [3.05, 3.63) is 27.9 Å². The minimum Gasteiger partial charge on any atom is -0.330 e. The number of rotatable bonds is 3. The highest BCUT2D eigenvalue weighted by molar-refractivity contribution is 5.04. The minimum absolute atomic E-state index is 0.0901. The third kappa shape index (κ3) is 4.25. The number of hydrogen-bond acceptors (Lipinski definition) is 3. The van der Waals surface area contributed by atoms with Crippen molar-refractivity contribution in [3.8, 4) is 0 Å². The number of aromatic amines is 1. The summed E-state index contributed by atoms with van der Waals surface area (Å²) in [4.78, 5) is 18.5. The van der Waals surface area contributed by atoms with E-state index in [4.69, 9.17) is 5.73 Å². The lowest BCUT2D eigenvalue weighted by atomic mass is 9.92. The van der Waals surface area contributed by atoms with Gasteiger partial charge in [-0.2, -0.15) is 0 Å². The van der Waals surface area contributed by atoms with Crippen LogP contribution in [-0.2, 0) is 12.8 Å². The molecular formula is C11H19N3O. The van der Waals surface area contributed by atoms with Gasteiger partial charge >= 0.3 is 0 Å². The molecule has 0 saturated carbocycles. The second-order valence-electron chi connectivity index (χ2n) is 4.96. The maximum atomic E-state index is 11.3. The van der Waals surface area contributed by atoms with E-state index in [-0.39, 0.29) is 11.0 Å². The van der Waals surface area contributed by atoms with Crippen LogP contribution in [-0.4, -0.2) is 16.5 Å². The highest BCUT2D eigenvalue weighted by Crippen LogP contribution is 2.17. The number of aromatic nitrogens is 2. The van der Waals surface area contributed by atoms with Crippen LogP contribution in [0.1, 0.15) is 32.3 Å². The van der Waals surface area contributed by atoms with Gasteiger partial charge in [0.2, 0.25) is 0 Å². The van der Waals surface area contributed by atoms with Gasteiger partial charge in [0.05, 0.1) is 0 Å². The first-order valence-electron chi connectivity index (χ1n) is 5.20. The van der Waals surface area contributed by atoms with E-state index in [9.17, 15) is 4.79 Å². The Hall–Kier alpha value is -1.16. The Bertz CT molecular complexity index is 376. The van der Waals surface area contributed by atoms with E-state index in [1.807, 2.05) is 0 Å². The first kappa shape index (κ1) is 11.9. The summed E-state index contributed by atoms with van der Waals surface area (Å²) < 4.78 is 0. The SMILES string of the molecule is CC(C)(C)Cc1nc(CCN)cc(=O)[nH]1. The molecule has 0 unspecified atom stereocenters. The zero-order valence-corrected chi connectivity index (χ0v) is 9.63. The number of nitrogens with zero attached hydrogens (tertiary/aromatic N) is 1. The Labute approximate surface area is 89.9 Å². The lowest BCUT2D eigenvalue weighted by molar-refractivity contribution is 0.399. The van der Waals surface area contributed by atoms with Crippen LogP contribution < -0.4 is 11.3 Å². The zero-order chi connectivity index (χ0) is 11.5. The Morgan fingerprint density at radius 2 is 2.13 bits per heavy atom. The quantitative estimate of drug-likeness (QED) is 0.775. The van der Waals surface area contributed by atoms with Crippen LogP contribution in [0.3, 0.4) is 0 Å². The summed E-state index contributed by atoms with van der Waals surface area (Å²) in [6, 6.07) is 1.51. The van der Waals surface area contributed by atoms with Crippen LogP contribution in [0.5, 0.6) is 0 Å². The van der Waals surface area contributed by atoms with E-state index in [0.29, 0.717) is 13.0 Å². The molecule has 0 spiro atoms. The van der Waals surface area contributed by atoms with Crippen LogP contribution in [0.4, 0.5) is 0 Å². The van der Waals surface area contributed by atoms with Crippen molar-refractivity contribution in [2.75, 3.05) is 6.54 Å². The molecule has 1 heterocycles. The molecular weight excluding hydrogens is 190 g/mol. The molecule has 0 aliphatic heterocycles. The maximum absolute atomic E-state index is 11.3. The van der Waals surface area contributed by atoms with Crippen LogP contribution in [0.15, 0.2) is 10.9 Å². The summed E-state index contributed by atoms with van der Waals surface area (Å²) in [6.45, 7) is 6.86. The summed E-state index contributed by atoms with van der Waals surface area (Å²) in [5.74, 6) is 0.749. The summed E-state index contributed by atoms with van der Waals surface area (Å²) in [6.07, 6.45) is 1.42. The van der Waals surface area contributed by atoms with Gasteiger partial charge in [0.15, 0.2) is 0 Å². The van der Waals surface area contributed by atoms with Gasteiger partial charge in [-0.15, -0.1) is 0 Å². The minimum atomic E-state index is -0.0901. The second kappa shape index (κ2) is 4.57. The normalized spacial score (nSPS) is 11.7. The van der Waals surface area contributed by atoms with Crippen molar-refractivity contribution in [2.45, 2.75) is 33.6 Å². The fourth-order valence-electron chi connectivity index (χ4n) is 1.43. The van der Waals surface area contributed by atoms with Crippen molar-refractivity contribution < 1.29 is 0 Å². The van der Waals surface area contributed by atoms with E-state index < -0.39 is 0 Å². The fourth-order valence-corrected chi connectivity index (χ4v) is 1.43. The average molecular weight is 209 g/mol. The number of hydrogen-bond donors (Lipinski definition) is 2. The predicted molar refractivity (Wildman–Crippen MR) is 60.8 cm³/mol. The largest absolute Gasteiger partial charge is 0.330 e. The Morgan fingerprint density at radius 1 is 1.47 bits per heavy atom. The van der Waals surface area contributed by atoms with Gasteiger partial charge in [-0.25, -0.2) is 4.98 Å². The Morgan fingerprint density at radius 3 is 2.67 bits per heavy atom. The Balaban J connectivity index is 2.94. The molecule has 15 heavy (non-hydrogen) atoms. The van der Waals surface area contributed by atoms with E-state index in [0.717, 1.165) is 17.9 Å². The van der Waals surface area contributed by atoms with E-state index >= 15 is 0 Å². The van der Waals surface area contributed by atoms with Gasteiger partial charge in [-0.1, -0.05) is 20.8 Å². The Kier molecular flexibility index (Phi) is 3.63. The summed E-state index contributed by atoms with van der Waals surface area (Å²) in [5, 5.41) is 0. The average Bonchev–Trinajstić information content (AvgIpc) is 1.99. The van der Waals surface area contributed by atoms with Crippen molar-refractivity contribution in [1.29, 1.82) is 0 Å². The molecule has 0 amide bonds. The molecule has 0 saturated heterocycles. The third-order valence-corrected chi connectivity index (χ3v) is 1.94. The van der Waals surface area contributed by atoms with Crippen LogP contribution >= 0.6 is 0 Å². The summed E-state index contributed by atoms with van der Waals surface area (Å²) in [7, 11) is 0. The molecule has 4 nitrogen and oxygen atoms in total. The monoisotopic (exact) mass is 209 g/mol. The molecule has 0 fully saturated rings. The molecule has 4 heteroatoms. The second-order valence-corrected chi connectivity index (χ2v) is 4.96. The van der Waals surface area contributed by atoms with Crippen LogP contribution in [0, 0.1) is 5.41 Å². The molecule has 1 aromatic heterocycles. The standard InChI is InChI=1S/C11H19N3O/c1-11(2,3)7-9-13-8(4-5-12)6-10(15)14-9/h6H,4-5,7,12H2,1-3H3,(H,13,14,15). The lowest BCUT2D eigenvalue weighted by Crippen LogP contribution is -2.19. The van der Waals surface area contributed by atoms with Crippen LogP contribution in [0.2, 0.25) is 0 Å². The van der Waals surface area contributed by atoms with Gasteiger partial charge in [0, 0.05) is 24.6 Å². The maximum Gasteiger partial charge on any atom is 0.251 e. The number of nitrogens with one attached hydrogen (secondary N) is 1. The third-order valence-electron chi connectivity index (χ3n) is 1.94. The predicted octanol–water partition coefficient (Wildman–Crippen LogP) is 0.860. The first-order valence-corrected chi connectivity index (χ1v) is 5.20. The van der Waals surface area contributed by atoms with Crippen LogP contribution in [0.25, 0.3) is 0 Å². The van der Waals surface area contributed by atoms with E-state index in [1.54, 1.807) is 0 Å². The molecule has 1 aromatic rings. The summed E-state index contributed by atoms with van der Waals surface area (Å²) >= 11 is 0. The lowest BCUT2D eigenvalue weighted by Gasteiger charge is -2.17.